The van der Waals surface area contributed by atoms with E-state index in [1.54, 1.807) is 33.5 Å². The Morgan fingerprint density at radius 2 is 2.00 bits per heavy atom. The number of hydrogen-bond acceptors (Lipinski definition) is 5. The molecule has 0 aliphatic carbocycles. The van der Waals surface area contributed by atoms with Crippen molar-refractivity contribution in [3.8, 4) is 11.5 Å². The maximum absolute atomic E-state index is 12.4. The number of methoxy groups -OCH3 is 1. The van der Waals surface area contributed by atoms with E-state index in [2.05, 4.69) is 9.84 Å². The van der Waals surface area contributed by atoms with Crippen LogP contribution >= 0.6 is 35.4 Å². The molecule has 0 unspecified atom stereocenters. The summed E-state index contributed by atoms with van der Waals surface area (Å²) in [5, 5.41) is 5.29. The van der Waals surface area contributed by atoms with Crippen LogP contribution in [0.2, 0.25) is 10.0 Å². The van der Waals surface area contributed by atoms with Gasteiger partial charge in [0.1, 0.15) is 0 Å². The van der Waals surface area contributed by atoms with Crippen molar-refractivity contribution in [1.29, 1.82) is 0 Å². The lowest BCUT2D eigenvalue weighted by Crippen LogP contribution is -2.22. The van der Waals surface area contributed by atoms with Gasteiger partial charge in [0.05, 0.1) is 23.8 Å². The van der Waals surface area contributed by atoms with Gasteiger partial charge in [-0.3, -0.25) is 9.30 Å². The smallest absolute Gasteiger partial charge is 0.387 e. The molecule has 0 amide bonds. The Bertz CT molecular complexity index is 1060. The maximum Gasteiger partial charge on any atom is 0.387 e. The molecule has 3 aromatic rings. The van der Waals surface area contributed by atoms with E-state index in [0.29, 0.717) is 33.7 Å². The quantitative estimate of drug-likeness (QED) is 0.482. The number of pyridine rings is 1. The third kappa shape index (κ3) is 4.54. The fourth-order valence-electron chi connectivity index (χ4n) is 2.73. The van der Waals surface area contributed by atoms with Crippen molar-refractivity contribution in [2.45, 2.75) is 19.8 Å². The summed E-state index contributed by atoms with van der Waals surface area (Å²) >= 11 is 17.6. The topological polar surface area (TPSA) is 43.9 Å². The molecule has 2 aromatic heterocycles. The van der Waals surface area contributed by atoms with Crippen molar-refractivity contribution in [1.82, 2.24) is 19.1 Å². The predicted molar refractivity (Wildman–Crippen MR) is 105 cm³/mol. The average molecular weight is 449 g/mol. The average Bonchev–Trinajstić information content (AvgIpc) is 2.92. The molecule has 0 atom stereocenters. The summed E-state index contributed by atoms with van der Waals surface area (Å²) in [5.41, 5.74) is 1.36. The van der Waals surface area contributed by atoms with Crippen LogP contribution in [0.4, 0.5) is 8.78 Å². The fraction of sp³-hybridized carbons (Fsp3) is 0.294. The highest BCUT2D eigenvalue weighted by atomic mass is 35.5. The Labute approximate surface area is 174 Å². The molecule has 28 heavy (non-hydrogen) atoms. The van der Waals surface area contributed by atoms with E-state index in [0.717, 1.165) is 5.56 Å². The molecule has 11 heteroatoms. The lowest BCUT2D eigenvalue weighted by molar-refractivity contribution is -0.0512. The van der Waals surface area contributed by atoms with Gasteiger partial charge in [-0.05, 0) is 43.0 Å². The molecule has 6 nitrogen and oxygen atoms in total. The highest BCUT2D eigenvalue weighted by Crippen LogP contribution is 2.30. The molecule has 0 aliphatic heterocycles. The van der Waals surface area contributed by atoms with E-state index in [-0.39, 0.29) is 11.5 Å². The summed E-state index contributed by atoms with van der Waals surface area (Å²) in [6.07, 6.45) is 1.65. The van der Waals surface area contributed by atoms with Gasteiger partial charge in [0.15, 0.2) is 17.1 Å². The van der Waals surface area contributed by atoms with Crippen LogP contribution < -0.4 is 9.47 Å². The number of fused-ring (bicyclic) bond motifs is 1. The molecule has 0 fully saturated rings. The number of halogens is 4. The predicted octanol–water partition coefficient (Wildman–Crippen LogP) is 4.87. The zero-order chi connectivity index (χ0) is 20.4. The minimum atomic E-state index is -2.92. The highest BCUT2D eigenvalue weighted by Gasteiger charge is 2.13. The van der Waals surface area contributed by atoms with E-state index in [9.17, 15) is 8.78 Å². The van der Waals surface area contributed by atoms with Crippen LogP contribution in [0.5, 0.6) is 11.5 Å². The first-order valence-corrected chi connectivity index (χ1v) is 9.19. The normalized spacial score (nSPS) is 11.6. The maximum atomic E-state index is 12.4. The van der Waals surface area contributed by atoms with Crippen molar-refractivity contribution < 1.29 is 18.3 Å². The third-order valence-corrected chi connectivity index (χ3v) is 4.77. The third-order valence-electron chi connectivity index (χ3n) is 3.87. The Hall–Kier alpha value is -1.94. The fourth-order valence-corrected chi connectivity index (χ4v) is 3.48. The van der Waals surface area contributed by atoms with Crippen LogP contribution in [-0.4, -0.2) is 39.9 Å². The summed E-state index contributed by atoms with van der Waals surface area (Å²) in [6, 6.07) is 6.39. The molecular weight excluding hydrogens is 433 g/mol. The van der Waals surface area contributed by atoms with E-state index < -0.39 is 6.61 Å². The molecule has 0 saturated carbocycles. The number of benzene rings is 1. The molecule has 0 bridgehead atoms. The second-order valence-electron chi connectivity index (χ2n) is 6.00. The summed E-state index contributed by atoms with van der Waals surface area (Å²) in [5.74, 6) is 0.218. The van der Waals surface area contributed by atoms with E-state index in [1.807, 2.05) is 11.9 Å². The minimum absolute atomic E-state index is 0.0157. The summed E-state index contributed by atoms with van der Waals surface area (Å²) in [6.45, 7) is -2.04. The first kappa shape index (κ1) is 20.8. The molecule has 0 radical (unpaired) electrons. The molecule has 2 heterocycles. The molecule has 1 aromatic carbocycles. The monoisotopic (exact) mass is 448 g/mol. The zero-order valence-corrected chi connectivity index (χ0v) is 17.2. The minimum Gasteiger partial charge on any atom is -0.493 e. The number of nitrogens with zero attached hydrogens (tertiary/aromatic N) is 4. The number of hydrogen-bond donors (Lipinski definition) is 0. The van der Waals surface area contributed by atoms with Gasteiger partial charge in [0.2, 0.25) is 4.77 Å². The van der Waals surface area contributed by atoms with Gasteiger partial charge in [0.25, 0.3) is 0 Å². The first-order chi connectivity index (χ1) is 13.3. The number of rotatable bonds is 7. The van der Waals surface area contributed by atoms with Crippen LogP contribution in [0.25, 0.3) is 5.65 Å². The van der Waals surface area contributed by atoms with Crippen LogP contribution in [0.3, 0.4) is 0 Å². The van der Waals surface area contributed by atoms with Crippen molar-refractivity contribution in [2.24, 2.45) is 0 Å². The Balaban J connectivity index is 1.78. The lowest BCUT2D eigenvalue weighted by atomic mass is 10.2. The lowest BCUT2D eigenvalue weighted by Gasteiger charge is -2.17. The largest absolute Gasteiger partial charge is 0.493 e. The zero-order valence-electron chi connectivity index (χ0n) is 14.9. The summed E-state index contributed by atoms with van der Waals surface area (Å²) in [4.78, 5) is 1.94. The van der Waals surface area contributed by atoms with E-state index in [4.69, 9.17) is 40.2 Å². The molecule has 3 rings (SSSR count). The second-order valence-corrected chi connectivity index (χ2v) is 7.21. The first-order valence-electron chi connectivity index (χ1n) is 8.03. The Kier molecular flexibility index (Phi) is 6.39. The highest BCUT2D eigenvalue weighted by molar-refractivity contribution is 7.71. The standard InChI is InChI=1S/C17H16Cl2F2N4O2S/c1-23(7-10-3-4-13(27-16(20)21)14(5-10)26-2)9-25-17(28)24-8-11(18)6-12(19)15(24)22-25/h3-6,8,16H,7,9H2,1-2H3. The van der Waals surface area contributed by atoms with Gasteiger partial charge in [0, 0.05) is 12.7 Å². The Morgan fingerprint density at radius 1 is 1.25 bits per heavy atom. The molecule has 0 N–H and O–H groups in total. The van der Waals surface area contributed by atoms with Gasteiger partial charge < -0.3 is 9.47 Å². The van der Waals surface area contributed by atoms with Gasteiger partial charge >= 0.3 is 6.61 Å². The molecule has 0 saturated heterocycles. The van der Waals surface area contributed by atoms with Gasteiger partial charge in [-0.1, -0.05) is 29.3 Å². The van der Waals surface area contributed by atoms with Crippen molar-refractivity contribution in [2.75, 3.05) is 14.2 Å². The van der Waals surface area contributed by atoms with Crippen LogP contribution in [0, 0.1) is 4.77 Å². The van der Waals surface area contributed by atoms with E-state index in [1.165, 1.54) is 13.2 Å². The summed E-state index contributed by atoms with van der Waals surface area (Å²) < 4.78 is 38.2. The van der Waals surface area contributed by atoms with Crippen LogP contribution in [0.1, 0.15) is 5.56 Å². The van der Waals surface area contributed by atoms with Crippen molar-refractivity contribution in [3.63, 3.8) is 0 Å². The second kappa shape index (κ2) is 8.60. The number of ether oxygens (including phenoxy) is 2. The van der Waals surface area contributed by atoms with Crippen molar-refractivity contribution >= 4 is 41.1 Å². The van der Waals surface area contributed by atoms with Crippen LogP contribution in [-0.2, 0) is 13.2 Å². The van der Waals surface area contributed by atoms with Crippen LogP contribution in [0.15, 0.2) is 30.5 Å². The molecule has 150 valence electrons. The molecule has 0 spiro atoms. The number of alkyl halides is 2. The Morgan fingerprint density at radius 3 is 2.68 bits per heavy atom. The van der Waals surface area contributed by atoms with Gasteiger partial charge in [-0.15, -0.1) is 5.10 Å². The summed E-state index contributed by atoms with van der Waals surface area (Å²) in [7, 11) is 3.27. The molecule has 0 aliphatic rings. The SMILES string of the molecule is COc1cc(CN(C)Cn2nc3c(Cl)cc(Cl)cn3c2=S)ccc1OC(F)F. The van der Waals surface area contributed by atoms with Gasteiger partial charge in [-0.2, -0.15) is 8.78 Å². The molecular formula is C17H16Cl2F2N4O2S. The van der Waals surface area contributed by atoms with Crippen molar-refractivity contribution in [3.05, 3.63) is 50.8 Å². The van der Waals surface area contributed by atoms with Gasteiger partial charge in [-0.25, -0.2) is 4.68 Å². The number of aromatic nitrogens is 3. The van der Waals surface area contributed by atoms with E-state index >= 15 is 0 Å².